The Morgan fingerprint density at radius 3 is 2.71 bits per heavy atom. The van der Waals surface area contributed by atoms with Gasteiger partial charge in [0.15, 0.2) is 5.13 Å². The van der Waals surface area contributed by atoms with Crippen molar-refractivity contribution in [3.8, 4) is 0 Å². The molecule has 3 aromatic rings. The van der Waals surface area contributed by atoms with Crippen LogP contribution < -0.4 is 15.5 Å². The van der Waals surface area contributed by atoms with E-state index in [0.717, 1.165) is 31.6 Å². The van der Waals surface area contributed by atoms with Gasteiger partial charge in [-0.2, -0.15) is 0 Å². The SMILES string of the molecule is O=C(Cc1csc(NC(=O)c2ccccc2F)n1)NC1CCCN(c2ccccc2)C1. The number of nitrogens with zero attached hydrogens (tertiary/aromatic N) is 2. The lowest BCUT2D eigenvalue weighted by atomic mass is 10.0. The minimum Gasteiger partial charge on any atom is -0.369 e. The Bertz CT molecular complexity index is 1060. The standard InChI is InChI=1S/C23H23FN4O2S/c24-20-11-5-4-10-19(20)22(30)27-23-26-17(15-31-23)13-21(29)25-16-7-6-12-28(14-16)18-8-2-1-3-9-18/h1-5,8-11,15-16H,6-7,12-14H2,(H,25,29)(H,26,27,30). The zero-order valence-electron chi connectivity index (χ0n) is 16.9. The molecule has 1 aromatic heterocycles. The molecule has 0 bridgehead atoms. The number of piperidine rings is 1. The highest BCUT2D eigenvalue weighted by molar-refractivity contribution is 7.14. The average Bonchev–Trinajstić information content (AvgIpc) is 3.21. The number of anilines is 2. The van der Waals surface area contributed by atoms with Crippen molar-refractivity contribution in [2.75, 3.05) is 23.3 Å². The van der Waals surface area contributed by atoms with Crippen LogP contribution in [-0.2, 0) is 11.2 Å². The molecule has 6 nitrogen and oxygen atoms in total. The van der Waals surface area contributed by atoms with Gasteiger partial charge in [-0.15, -0.1) is 11.3 Å². The van der Waals surface area contributed by atoms with Gasteiger partial charge in [0.05, 0.1) is 17.7 Å². The van der Waals surface area contributed by atoms with Crippen LogP contribution in [0.1, 0.15) is 28.9 Å². The zero-order chi connectivity index (χ0) is 21.6. The van der Waals surface area contributed by atoms with Crippen molar-refractivity contribution in [3.63, 3.8) is 0 Å². The summed E-state index contributed by atoms with van der Waals surface area (Å²) < 4.78 is 13.7. The fourth-order valence-corrected chi connectivity index (χ4v) is 4.37. The fraction of sp³-hybridized carbons (Fsp3) is 0.261. The Labute approximate surface area is 184 Å². The smallest absolute Gasteiger partial charge is 0.260 e. The second-order valence-electron chi connectivity index (χ2n) is 7.44. The Balaban J connectivity index is 1.30. The molecule has 31 heavy (non-hydrogen) atoms. The van der Waals surface area contributed by atoms with Crippen LogP contribution in [0.2, 0.25) is 0 Å². The third-order valence-electron chi connectivity index (χ3n) is 5.14. The van der Waals surface area contributed by atoms with Crippen molar-refractivity contribution in [1.29, 1.82) is 0 Å². The normalized spacial score (nSPS) is 16.0. The third-order valence-corrected chi connectivity index (χ3v) is 5.95. The molecule has 2 aromatic carbocycles. The Kier molecular flexibility index (Phi) is 6.57. The van der Waals surface area contributed by atoms with Gasteiger partial charge in [-0.25, -0.2) is 9.37 Å². The second-order valence-corrected chi connectivity index (χ2v) is 8.30. The summed E-state index contributed by atoms with van der Waals surface area (Å²) in [6.45, 7) is 1.75. The summed E-state index contributed by atoms with van der Waals surface area (Å²) in [4.78, 5) is 31.3. The number of amides is 2. The van der Waals surface area contributed by atoms with E-state index >= 15 is 0 Å². The van der Waals surface area contributed by atoms with Crippen LogP contribution in [0.15, 0.2) is 60.0 Å². The van der Waals surface area contributed by atoms with E-state index in [4.69, 9.17) is 0 Å². The van der Waals surface area contributed by atoms with Gasteiger partial charge in [0.25, 0.3) is 5.91 Å². The summed E-state index contributed by atoms with van der Waals surface area (Å²) in [5, 5.41) is 7.75. The largest absolute Gasteiger partial charge is 0.369 e. The molecule has 4 rings (SSSR count). The molecule has 8 heteroatoms. The number of halogens is 1. The van der Waals surface area contributed by atoms with Gasteiger partial charge >= 0.3 is 0 Å². The molecular formula is C23H23FN4O2S. The number of thiazole rings is 1. The first-order valence-electron chi connectivity index (χ1n) is 10.2. The number of para-hydroxylation sites is 1. The molecule has 160 valence electrons. The average molecular weight is 439 g/mol. The van der Waals surface area contributed by atoms with Gasteiger partial charge in [-0.05, 0) is 37.1 Å². The van der Waals surface area contributed by atoms with Gasteiger partial charge in [-0.3, -0.25) is 14.9 Å². The quantitative estimate of drug-likeness (QED) is 0.613. The lowest BCUT2D eigenvalue weighted by Crippen LogP contribution is -2.48. The van der Waals surface area contributed by atoms with E-state index in [0.29, 0.717) is 10.8 Å². The molecule has 1 aliphatic heterocycles. The maximum atomic E-state index is 13.7. The van der Waals surface area contributed by atoms with E-state index in [2.05, 4.69) is 32.7 Å². The Morgan fingerprint density at radius 1 is 1.13 bits per heavy atom. The molecular weight excluding hydrogens is 415 g/mol. The van der Waals surface area contributed by atoms with Gasteiger partial charge in [0.1, 0.15) is 5.82 Å². The summed E-state index contributed by atoms with van der Waals surface area (Å²) >= 11 is 1.21. The van der Waals surface area contributed by atoms with Gasteiger partial charge in [0, 0.05) is 30.2 Å². The molecule has 0 spiro atoms. The monoisotopic (exact) mass is 438 g/mol. The maximum absolute atomic E-state index is 13.7. The summed E-state index contributed by atoms with van der Waals surface area (Å²) in [7, 11) is 0. The van der Waals surface area contributed by atoms with Gasteiger partial charge < -0.3 is 10.2 Å². The number of carbonyl (C=O) groups excluding carboxylic acids is 2. The van der Waals surface area contributed by atoms with E-state index in [-0.39, 0.29) is 23.9 Å². The van der Waals surface area contributed by atoms with E-state index < -0.39 is 11.7 Å². The summed E-state index contributed by atoms with van der Waals surface area (Å²) in [6, 6.07) is 16.0. The lowest BCUT2D eigenvalue weighted by molar-refractivity contribution is -0.121. The fourth-order valence-electron chi connectivity index (χ4n) is 3.67. The number of hydrogen-bond donors (Lipinski definition) is 2. The Hall–Kier alpha value is -3.26. The molecule has 1 aliphatic rings. The Morgan fingerprint density at radius 2 is 1.90 bits per heavy atom. The molecule has 1 unspecified atom stereocenters. The van der Waals surface area contributed by atoms with Crippen molar-refractivity contribution >= 4 is 34.0 Å². The molecule has 1 fully saturated rings. The molecule has 0 aliphatic carbocycles. The van der Waals surface area contributed by atoms with Crippen molar-refractivity contribution in [3.05, 3.63) is 77.1 Å². The predicted octanol–water partition coefficient (Wildman–Crippen LogP) is 3.86. The molecule has 2 amide bonds. The number of carbonyl (C=O) groups is 2. The number of aromatic nitrogens is 1. The van der Waals surface area contributed by atoms with Gasteiger partial charge in [0.2, 0.25) is 5.91 Å². The molecule has 1 saturated heterocycles. The summed E-state index contributed by atoms with van der Waals surface area (Å²) in [5.74, 6) is -1.25. The second kappa shape index (κ2) is 9.70. The van der Waals surface area contributed by atoms with E-state index in [1.54, 1.807) is 11.4 Å². The minimum atomic E-state index is -0.590. The minimum absolute atomic E-state index is 0.0442. The molecule has 0 radical (unpaired) electrons. The highest BCUT2D eigenvalue weighted by Gasteiger charge is 2.22. The molecule has 0 saturated carbocycles. The topological polar surface area (TPSA) is 74.3 Å². The van der Waals surface area contributed by atoms with Crippen LogP contribution in [0, 0.1) is 5.82 Å². The van der Waals surface area contributed by atoms with Crippen LogP contribution in [0.3, 0.4) is 0 Å². The van der Waals surface area contributed by atoms with Crippen LogP contribution in [0.4, 0.5) is 15.2 Å². The highest BCUT2D eigenvalue weighted by atomic mass is 32.1. The number of hydrogen-bond acceptors (Lipinski definition) is 5. The van der Waals surface area contributed by atoms with Crippen molar-refractivity contribution in [2.24, 2.45) is 0 Å². The summed E-state index contributed by atoms with van der Waals surface area (Å²) in [6.07, 6.45) is 2.09. The number of nitrogens with one attached hydrogen (secondary N) is 2. The van der Waals surface area contributed by atoms with E-state index in [9.17, 15) is 14.0 Å². The van der Waals surface area contributed by atoms with Crippen molar-refractivity contribution < 1.29 is 14.0 Å². The van der Waals surface area contributed by atoms with Crippen LogP contribution in [0.5, 0.6) is 0 Å². The lowest BCUT2D eigenvalue weighted by Gasteiger charge is -2.34. The molecule has 2 heterocycles. The zero-order valence-corrected chi connectivity index (χ0v) is 17.7. The van der Waals surface area contributed by atoms with Crippen LogP contribution in [-0.4, -0.2) is 35.9 Å². The molecule has 1 atom stereocenters. The first kappa shape index (κ1) is 21.0. The first-order valence-corrected chi connectivity index (χ1v) is 11.1. The van der Waals surface area contributed by atoms with Crippen molar-refractivity contribution in [2.45, 2.75) is 25.3 Å². The first-order chi connectivity index (χ1) is 15.1. The van der Waals surface area contributed by atoms with E-state index in [1.807, 2.05) is 18.2 Å². The number of rotatable bonds is 6. The summed E-state index contributed by atoms with van der Waals surface area (Å²) in [5.41, 5.74) is 1.69. The van der Waals surface area contributed by atoms with Crippen LogP contribution in [0.25, 0.3) is 0 Å². The van der Waals surface area contributed by atoms with E-state index in [1.165, 1.54) is 29.5 Å². The highest BCUT2D eigenvalue weighted by Crippen LogP contribution is 2.20. The molecule has 2 N–H and O–H groups in total. The van der Waals surface area contributed by atoms with Crippen LogP contribution >= 0.6 is 11.3 Å². The van der Waals surface area contributed by atoms with Crippen molar-refractivity contribution in [1.82, 2.24) is 10.3 Å². The maximum Gasteiger partial charge on any atom is 0.260 e. The third kappa shape index (κ3) is 5.46. The number of benzene rings is 2. The van der Waals surface area contributed by atoms with Gasteiger partial charge in [-0.1, -0.05) is 30.3 Å². The predicted molar refractivity (Wildman–Crippen MR) is 120 cm³/mol.